The van der Waals surface area contributed by atoms with Gasteiger partial charge in [-0.25, -0.2) is 0 Å². The number of hydrogen-bond donors (Lipinski definition) is 1. The third kappa shape index (κ3) is 1.94. The minimum atomic E-state index is 0.136. The summed E-state index contributed by atoms with van der Waals surface area (Å²) in [5.41, 5.74) is 0.662. The molecule has 0 spiro atoms. The van der Waals surface area contributed by atoms with Crippen LogP contribution in [0.15, 0.2) is 22.7 Å². The first-order chi connectivity index (χ1) is 7.18. The van der Waals surface area contributed by atoms with E-state index in [-0.39, 0.29) is 5.75 Å². The fourth-order valence-electron chi connectivity index (χ4n) is 1.08. The average Bonchev–Trinajstić information content (AvgIpc) is 2.24. The van der Waals surface area contributed by atoms with Gasteiger partial charge < -0.3 is 5.11 Å². The summed E-state index contributed by atoms with van der Waals surface area (Å²) < 4.78 is 0.539. The van der Waals surface area contributed by atoms with Crippen molar-refractivity contribution in [2.75, 3.05) is 0 Å². The van der Waals surface area contributed by atoms with E-state index in [4.69, 9.17) is 0 Å². The van der Waals surface area contributed by atoms with Crippen LogP contribution in [-0.2, 0) is 0 Å². The van der Waals surface area contributed by atoms with Crippen molar-refractivity contribution in [3.63, 3.8) is 0 Å². The highest BCUT2D eigenvalue weighted by molar-refractivity contribution is 9.10. The van der Waals surface area contributed by atoms with Crippen LogP contribution >= 0.6 is 15.9 Å². The smallest absolute Gasteiger partial charge is 0.204 e. The summed E-state index contributed by atoms with van der Waals surface area (Å²) >= 11 is 3.25. The Labute approximate surface area is 94.3 Å². The van der Waals surface area contributed by atoms with Gasteiger partial charge in [0.1, 0.15) is 5.75 Å². The van der Waals surface area contributed by atoms with Gasteiger partial charge in [0.05, 0.1) is 4.47 Å². The molecule has 1 heterocycles. The molecule has 0 saturated carbocycles. The van der Waals surface area contributed by atoms with E-state index in [9.17, 15) is 5.11 Å². The number of phenols is 1. The Morgan fingerprint density at radius 3 is 2.47 bits per heavy atom. The molecule has 5 nitrogen and oxygen atoms in total. The summed E-state index contributed by atoms with van der Waals surface area (Å²) in [7, 11) is 0. The predicted molar refractivity (Wildman–Crippen MR) is 57.2 cm³/mol. The topological polar surface area (TPSA) is 71.8 Å². The molecule has 0 saturated heterocycles. The molecule has 1 aromatic heterocycles. The van der Waals surface area contributed by atoms with E-state index in [0.29, 0.717) is 21.7 Å². The maximum Gasteiger partial charge on any atom is 0.204 e. The monoisotopic (exact) mass is 266 g/mol. The van der Waals surface area contributed by atoms with Gasteiger partial charge in [-0.2, -0.15) is 0 Å². The quantitative estimate of drug-likeness (QED) is 0.851. The lowest BCUT2D eigenvalue weighted by molar-refractivity contribution is 0.472. The van der Waals surface area contributed by atoms with E-state index in [1.807, 2.05) is 0 Å². The van der Waals surface area contributed by atoms with Crippen molar-refractivity contribution < 1.29 is 5.11 Å². The Morgan fingerprint density at radius 1 is 1.13 bits per heavy atom. The number of hydrogen-bond acceptors (Lipinski definition) is 5. The zero-order valence-electron chi connectivity index (χ0n) is 7.85. The standard InChI is InChI=1S/C9H7BrN4O/c1-5-11-13-9(14-12-5)6-3-2-4-7(15)8(6)10/h2-4,15H,1H3. The Balaban J connectivity index is 2.54. The molecule has 76 valence electrons. The summed E-state index contributed by atoms with van der Waals surface area (Å²) in [6.45, 7) is 1.71. The highest BCUT2D eigenvalue weighted by atomic mass is 79.9. The molecule has 0 aliphatic rings. The SMILES string of the molecule is Cc1nnc(-c2cccc(O)c2Br)nn1. The summed E-state index contributed by atoms with van der Waals surface area (Å²) in [6, 6.07) is 5.05. The van der Waals surface area contributed by atoms with Crippen molar-refractivity contribution in [2.24, 2.45) is 0 Å². The molecule has 0 aliphatic carbocycles. The van der Waals surface area contributed by atoms with Crippen LogP contribution in [0, 0.1) is 6.92 Å². The van der Waals surface area contributed by atoms with Crippen LogP contribution in [0.2, 0.25) is 0 Å². The van der Waals surface area contributed by atoms with E-state index in [1.165, 1.54) is 0 Å². The van der Waals surface area contributed by atoms with Crippen LogP contribution in [-0.4, -0.2) is 25.5 Å². The number of aromatic hydroxyl groups is 1. The number of nitrogens with zero attached hydrogens (tertiary/aromatic N) is 4. The van der Waals surface area contributed by atoms with Crippen molar-refractivity contribution in [1.82, 2.24) is 20.4 Å². The third-order valence-corrected chi connectivity index (χ3v) is 2.63. The molecule has 6 heteroatoms. The van der Waals surface area contributed by atoms with Crippen LogP contribution in [0.4, 0.5) is 0 Å². The maximum atomic E-state index is 9.47. The van der Waals surface area contributed by atoms with Gasteiger partial charge in [0.2, 0.25) is 5.82 Å². The summed E-state index contributed by atoms with van der Waals surface area (Å²) in [4.78, 5) is 0. The van der Waals surface area contributed by atoms with E-state index in [0.717, 1.165) is 0 Å². The number of halogens is 1. The van der Waals surface area contributed by atoms with Gasteiger partial charge in [0, 0.05) is 5.56 Å². The first-order valence-electron chi connectivity index (χ1n) is 4.20. The van der Waals surface area contributed by atoms with Gasteiger partial charge in [-0.1, -0.05) is 6.07 Å². The molecule has 0 bridgehead atoms. The molecule has 1 aromatic carbocycles. The van der Waals surface area contributed by atoms with Gasteiger partial charge in [-0.05, 0) is 35.0 Å². The molecule has 2 aromatic rings. The molecule has 0 unspecified atom stereocenters. The lowest BCUT2D eigenvalue weighted by atomic mass is 10.2. The van der Waals surface area contributed by atoms with Crippen LogP contribution < -0.4 is 0 Å². The fourth-order valence-corrected chi connectivity index (χ4v) is 1.52. The molecule has 0 atom stereocenters. The van der Waals surface area contributed by atoms with Crippen molar-refractivity contribution in [1.29, 1.82) is 0 Å². The lowest BCUT2D eigenvalue weighted by Gasteiger charge is -2.02. The second kappa shape index (κ2) is 3.90. The minimum Gasteiger partial charge on any atom is -0.507 e. The number of rotatable bonds is 1. The van der Waals surface area contributed by atoms with Gasteiger partial charge in [-0.3, -0.25) is 0 Å². The first kappa shape index (κ1) is 9.97. The van der Waals surface area contributed by atoms with Crippen LogP contribution in [0.1, 0.15) is 5.82 Å². The third-order valence-electron chi connectivity index (χ3n) is 1.80. The molecular formula is C9H7BrN4O. The Hall–Kier alpha value is -1.56. The number of aromatic nitrogens is 4. The summed E-state index contributed by atoms with van der Waals surface area (Å²) in [5.74, 6) is 1.02. The van der Waals surface area contributed by atoms with Crippen molar-refractivity contribution in [3.8, 4) is 17.1 Å². The van der Waals surface area contributed by atoms with Gasteiger partial charge in [0.25, 0.3) is 0 Å². The number of aryl methyl sites for hydroxylation is 1. The molecule has 0 radical (unpaired) electrons. The van der Waals surface area contributed by atoms with E-state index < -0.39 is 0 Å². The fraction of sp³-hybridized carbons (Fsp3) is 0.111. The van der Waals surface area contributed by atoms with Crippen molar-refractivity contribution in [3.05, 3.63) is 28.5 Å². The Kier molecular flexibility index (Phi) is 2.59. The zero-order valence-corrected chi connectivity index (χ0v) is 9.43. The van der Waals surface area contributed by atoms with Gasteiger partial charge in [-0.15, -0.1) is 20.4 Å². The molecule has 15 heavy (non-hydrogen) atoms. The van der Waals surface area contributed by atoms with E-state index >= 15 is 0 Å². The predicted octanol–water partition coefficient (Wildman–Crippen LogP) is 1.71. The van der Waals surface area contributed by atoms with Crippen LogP contribution in [0.5, 0.6) is 5.75 Å². The molecule has 0 fully saturated rings. The Bertz CT molecular complexity index is 486. The number of benzene rings is 1. The largest absolute Gasteiger partial charge is 0.507 e. The first-order valence-corrected chi connectivity index (χ1v) is 4.99. The molecule has 2 rings (SSSR count). The van der Waals surface area contributed by atoms with E-state index in [2.05, 4.69) is 36.3 Å². The summed E-state index contributed by atoms with van der Waals surface area (Å²) in [5, 5.41) is 24.8. The highest BCUT2D eigenvalue weighted by Gasteiger charge is 2.09. The maximum absolute atomic E-state index is 9.47. The normalized spacial score (nSPS) is 10.3. The number of phenolic OH excluding ortho intramolecular Hbond substituents is 1. The highest BCUT2D eigenvalue weighted by Crippen LogP contribution is 2.32. The molecule has 0 aliphatic heterocycles. The van der Waals surface area contributed by atoms with Gasteiger partial charge >= 0.3 is 0 Å². The molecule has 0 amide bonds. The van der Waals surface area contributed by atoms with Crippen LogP contribution in [0.25, 0.3) is 11.4 Å². The average molecular weight is 267 g/mol. The molecular weight excluding hydrogens is 260 g/mol. The zero-order chi connectivity index (χ0) is 10.8. The van der Waals surface area contributed by atoms with Gasteiger partial charge in [0.15, 0.2) is 5.82 Å². The molecule has 1 N–H and O–H groups in total. The Morgan fingerprint density at radius 2 is 1.80 bits per heavy atom. The minimum absolute atomic E-state index is 0.136. The second-order valence-electron chi connectivity index (χ2n) is 2.91. The second-order valence-corrected chi connectivity index (χ2v) is 3.70. The van der Waals surface area contributed by atoms with Crippen molar-refractivity contribution >= 4 is 15.9 Å². The van der Waals surface area contributed by atoms with Crippen LogP contribution in [0.3, 0.4) is 0 Å². The van der Waals surface area contributed by atoms with Crippen molar-refractivity contribution in [2.45, 2.75) is 6.92 Å². The van der Waals surface area contributed by atoms with E-state index in [1.54, 1.807) is 25.1 Å². The summed E-state index contributed by atoms with van der Waals surface area (Å²) in [6.07, 6.45) is 0. The lowest BCUT2D eigenvalue weighted by Crippen LogP contribution is -1.98.